The van der Waals surface area contributed by atoms with Crippen LogP contribution in [0.15, 0.2) is 5.16 Å². The first-order chi connectivity index (χ1) is 7.43. The number of hydrogen-bond acceptors (Lipinski definition) is 4. The lowest BCUT2D eigenvalue weighted by molar-refractivity contribution is 0.153. The number of oxime groups is 1. The van der Waals surface area contributed by atoms with Gasteiger partial charge in [0.15, 0.2) is 0 Å². The van der Waals surface area contributed by atoms with Crippen LogP contribution in [-0.2, 0) is 4.84 Å². The molecule has 0 saturated heterocycles. The molecule has 1 amide bonds. The summed E-state index contributed by atoms with van der Waals surface area (Å²) >= 11 is 6.81. The van der Waals surface area contributed by atoms with Crippen LogP contribution in [0.3, 0.4) is 0 Å². The number of carbonyl (C=O) groups excluding carboxylic acids is 1. The Morgan fingerprint density at radius 3 is 2.44 bits per heavy atom. The highest BCUT2D eigenvalue weighted by atomic mass is 35.5. The Labute approximate surface area is 107 Å². The van der Waals surface area contributed by atoms with Gasteiger partial charge in [0.1, 0.15) is 0 Å². The first-order valence-electron chi connectivity index (χ1n) is 4.97. The Hall–Kier alpha value is -0.420. The molecule has 0 aromatic heterocycles. The van der Waals surface area contributed by atoms with Crippen molar-refractivity contribution in [1.29, 1.82) is 0 Å². The van der Waals surface area contributed by atoms with Gasteiger partial charge in [-0.3, -0.25) is 4.84 Å². The van der Waals surface area contributed by atoms with Crippen LogP contribution in [0.4, 0.5) is 4.79 Å². The highest BCUT2D eigenvalue weighted by Gasteiger charge is 2.12. The second-order valence-electron chi connectivity index (χ2n) is 3.36. The van der Waals surface area contributed by atoms with E-state index in [1.165, 1.54) is 7.05 Å². The molecule has 0 heterocycles. The maximum absolute atomic E-state index is 10.5. The normalized spacial score (nSPS) is 10.6. The summed E-state index contributed by atoms with van der Waals surface area (Å²) in [5, 5.41) is 5.81. The van der Waals surface area contributed by atoms with E-state index in [-0.39, 0.29) is 4.75 Å². The standard InChI is InChI=1S/C7H14N2O2S.C3H7Cl/c1-7(2,12-4)5-9-11-6(10)8-3;1-2-3-4/h5H,1-4H3,(H,8,10);2-3H2,1H3/b9-5+;. The zero-order valence-electron chi connectivity index (χ0n) is 10.5. The van der Waals surface area contributed by atoms with E-state index in [9.17, 15) is 4.79 Å². The topological polar surface area (TPSA) is 50.7 Å². The fourth-order valence-electron chi connectivity index (χ4n) is 0.299. The molecular formula is C10H21ClN2O2S. The van der Waals surface area contributed by atoms with Crippen molar-refractivity contribution in [1.82, 2.24) is 5.32 Å². The first kappa shape index (κ1) is 18.0. The Bertz CT molecular complexity index is 209. The Kier molecular flexibility index (Phi) is 12.4. The summed E-state index contributed by atoms with van der Waals surface area (Å²) in [6.45, 7) is 6.01. The minimum absolute atomic E-state index is 0.103. The third-order valence-electron chi connectivity index (χ3n) is 1.42. The second kappa shape index (κ2) is 11.1. The van der Waals surface area contributed by atoms with Crippen LogP contribution in [0.25, 0.3) is 0 Å². The number of nitrogens with zero attached hydrogens (tertiary/aromatic N) is 1. The Morgan fingerprint density at radius 1 is 1.62 bits per heavy atom. The molecule has 0 unspecified atom stereocenters. The van der Waals surface area contributed by atoms with Gasteiger partial charge in [0.2, 0.25) is 0 Å². The molecule has 0 radical (unpaired) electrons. The van der Waals surface area contributed by atoms with Crippen molar-refractivity contribution >= 4 is 35.7 Å². The molecule has 0 aliphatic carbocycles. The van der Waals surface area contributed by atoms with Gasteiger partial charge in [-0.25, -0.2) is 4.79 Å². The van der Waals surface area contributed by atoms with Crippen LogP contribution in [0, 0.1) is 0 Å². The van der Waals surface area contributed by atoms with Crippen molar-refractivity contribution in [3.05, 3.63) is 0 Å². The van der Waals surface area contributed by atoms with E-state index in [1.54, 1.807) is 18.0 Å². The SMILES string of the molecule is CCCCl.CNC(=O)O/N=C/C(C)(C)SC. The lowest BCUT2D eigenvalue weighted by atomic mass is 10.2. The number of alkyl halides is 1. The molecule has 4 nitrogen and oxygen atoms in total. The lowest BCUT2D eigenvalue weighted by Gasteiger charge is -2.13. The van der Waals surface area contributed by atoms with Gasteiger partial charge < -0.3 is 5.32 Å². The number of thioether (sulfide) groups is 1. The van der Waals surface area contributed by atoms with Crippen molar-refractivity contribution in [3.63, 3.8) is 0 Å². The van der Waals surface area contributed by atoms with E-state index in [2.05, 4.69) is 15.3 Å². The number of nitrogens with one attached hydrogen (secondary N) is 1. The average molecular weight is 269 g/mol. The van der Waals surface area contributed by atoms with Gasteiger partial charge in [-0.2, -0.15) is 11.8 Å². The van der Waals surface area contributed by atoms with E-state index >= 15 is 0 Å². The molecule has 0 aliphatic rings. The second-order valence-corrected chi connectivity index (χ2v) is 5.20. The molecule has 0 fully saturated rings. The minimum atomic E-state index is -0.553. The molecule has 6 heteroatoms. The van der Waals surface area contributed by atoms with E-state index in [0.29, 0.717) is 0 Å². The number of carbonyl (C=O) groups is 1. The fourth-order valence-corrected chi connectivity index (χ4v) is 0.448. The van der Waals surface area contributed by atoms with E-state index in [0.717, 1.165) is 12.3 Å². The predicted octanol–water partition coefficient (Wildman–Crippen LogP) is 3.11. The molecule has 0 saturated carbocycles. The Morgan fingerprint density at radius 2 is 2.12 bits per heavy atom. The van der Waals surface area contributed by atoms with E-state index in [4.69, 9.17) is 11.6 Å². The summed E-state index contributed by atoms with van der Waals surface area (Å²) in [6, 6.07) is 0. The van der Waals surface area contributed by atoms with Crippen molar-refractivity contribution in [2.45, 2.75) is 31.9 Å². The van der Waals surface area contributed by atoms with Crippen LogP contribution in [0.1, 0.15) is 27.2 Å². The quantitative estimate of drug-likeness (QED) is 0.369. The predicted molar refractivity (Wildman–Crippen MR) is 72.6 cm³/mol. The number of rotatable bonds is 4. The molecule has 0 aromatic rings. The molecule has 0 bridgehead atoms. The van der Waals surface area contributed by atoms with Gasteiger partial charge >= 0.3 is 6.09 Å². The van der Waals surface area contributed by atoms with Crippen LogP contribution >= 0.6 is 23.4 Å². The van der Waals surface area contributed by atoms with Gasteiger partial charge in [0.25, 0.3) is 0 Å². The van der Waals surface area contributed by atoms with Gasteiger partial charge in [-0.05, 0) is 26.5 Å². The lowest BCUT2D eigenvalue weighted by Crippen LogP contribution is -2.19. The molecular weight excluding hydrogens is 248 g/mol. The molecule has 0 atom stereocenters. The molecule has 0 aliphatic heterocycles. The maximum atomic E-state index is 10.5. The maximum Gasteiger partial charge on any atom is 0.433 e. The molecule has 1 N–H and O–H groups in total. The van der Waals surface area contributed by atoms with Crippen molar-refractivity contribution in [3.8, 4) is 0 Å². The smallest absolute Gasteiger partial charge is 0.323 e. The summed E-state index contributed by atoms with van der Waals surface area (Å²) in [7, 11) is 1.48. The third kappa shape index (κ3) is 13.6. The van der Waals surface area contributed by atoms with E-state index < -0.39 is 6.09 Å². The van der Waals surface area contributed by atoms with Crippen LogP contribution in [0.5, 0.6) is 0 Å². The van der Waals surface area contributed by atoms with Crippen molar-refractivity contribution < 1.29 is 9.63 Å². The molecule has 16 heavy (non-hydrogen) atoms. The third-order valence-corrected chi connectivity index (χ3v) is 2.95. The van der Waals surface area contributed by atoms with Gasteiger partial charge in [0.05, 0.1) is 6.21 Å². The monoisotopic (exact) mass is 268 g/mol. The molecule has 0 spiro atoms. The van der Waals surface area contributed by atoms with Gasteiger partial charge in [0, 0.05) is 17.7 Å². The largest absolute Gasteiger partial charge is 0.433 e. The molecule has 0 aromatic carbocycles. The summed E-state index contributed by atoms with van der Waals surface area (Å²) in [6.07, 6.45) is 4.09. The summed E-state index contributed by atoms with van der Waals surface area (Å²) in [5.74, 6) is 0.792. The minimum Gasteiger partial charge on any atom is -0.323 e. The highest BCUT2D eigenvalue weighted by molar-refractivity contribution is 8.00. The summed E-state index contributed by atoms with van der Waals surface area (Å²) in [4.78, 5) is 15.0. The van der Waals surface area contributed by atoms with Crippen molar-refractivity contribution in [2.75, 3.05) is 19.2 Å². The first-order valence-corrected chi connectivity index (χ1v) is 6.73. The van der Waals surface area contributed by atoms with Crippen LogP contribution in [0.2, 0.25) is 0 Å². The van der Waals surface area contributed by atoms with Crippen molar-refractivity contribution in [2.24, 2.45) is 5.16 Å². The van der Waals surface area contributed by atoms with Crippen LogP contribution < -0.4 is 5.32 Å². The highest BCUT2D eigenvalue weighted by Crippen LogP contribution is 2.17. The zero-order valence-corrected chi connectivity index (χ0v) is 12.1. The average Bonchev–Trinajstić information content (AvgIpc) is 2.29. The molecule has 0 rings (SSSR count). The number of amides is 1. The summed E-state index contributed by atoms with van der Waals surface area (Å²) < 4.78 is -0.103. The zero-order chi connectivity index (χ0) is 13.0. The van der Waals surface area contributed by atoms with Gasteiger partial charge in [-0.15, -0.1) is 11.6 Å². The van der Waals surface area contributed by atoms with Crippen LogP contribution in [-0.4, -0.2) is 36.2 Å². The molecule has 96 valence electrons. The fraction of sp³-hybridized carbons (Fsp3) is 0.800. The summed E-state index contributed by atoms with van der Waals surface area (Å²) in [5.41, 5.74) is 0. The Balaban J connectivity index is 0. The van der Waals surface area contributed by atoms with Gasteiger partial charge in [-0.1, -0.05) is 12.1 Å². The number of hydrogen-bond donors (Lipinski definition) is 1. The van der Waals surface area contributed by atoms with E-state index in [1.807, 2.05) is 27.0 Å². The number of halogens is 1.